The van der Waals surface area contributed by atoms with Crippen LogP contribution >= 0.6 is 0 Å². The second-order valence-corrected chi connectivity index (χ2v) is 7.89. The number of hydrogen-bond donors (Lipinski definition) is 3. The van der Waals surface area contributed by atoms with Crippen molar-refractivity contribution < 1.29 is 27.9 Å². The minimum Gasteiger partial charge on any atom is -0.478 e. The van der Waals surface area contributed by atoms with E-state index in [2.05, 4.69) is 15.3 Å². The number of alkyl halides is 3. The molecule has 1 amide bonds. The zero-order valence-electron chi connectivity index (χ0n) is 18.3. The molecule has 0 bridgehead atoms. The van der Waals surface area contributed by atoms with E-state index in [9.17, 15) is 27.9 Å². The number of carboxylic acids is 1. The Bertz CT molecular complexity index is 1170. The lowest BCUT2D eigenvalue weighted by atomic mass is 10.0. The second-order valence-electron chi connectivity index (χ2n) is 7.89. The molecule has 3 aromatic rings. The summed E-state index contributed by atoms with van der Waals surface area (Å²) < 4.78 is 39.4. The highest BCUT2D eigenvalue weighted by atomic mass is 19.4. The number of pyridine rings is 2. The molecule has 3 rings (SSSR count). The Morgan fingerprint density at radius 1 is 1.18 bits per heavy atom. The number of carboxylic acid groups (broad SMARTS) is 1. The van der Waals surface area contributed by atoms with Crippen molar-refractivity contribution in [1.29, 1.82) is 0 Å². The number of hydrogen-bond acceptors (Lipinski definition) is 5. The van der Waals surface area contributed by atoms with Crippen molar-refractivity contribution in [3.63, 3.8) is 0 Å². The molecule has 0 radical (unpaired) electrons. The molecule has 0 unspecified atom stereocenters. The minimum absolute atomic E-state index is 0.0426. The first kappa shape index (κ1) is 24.0. The summed E-state index contributed by atoms with van der Waals surface area (Å²) in [7, 11) is 0. The van der Waals surface area contributed by atoms with Crippen LogP contribution in [0.2, 0.25) is 0 Å². The zero-order chi connectivity index (χ0) is 24.3. The summed E-state index contributed by atoms with van der Waals surface area (Å²) in [6, 6.07) is 2.33. The summed E-state index contributed by atoms with van der Waals surface area (Å²) in [6.07, 6.45) is 1.68. The number of nitrogens with one attached hydrogen (secondary N) is 2. The van der Waals surface area contributed by atoms with Gasteiger partial charge in [0, 0.05) is 47.8 Å². The van der Waals surface area contributed by atoms with Gasteiger partial charge in [-0.05, 0) is 25.0 Å². The van der Waals surface area contributed by atoms with Gasteiger partial charge in [-0.25, -0.2) is 9.78 Å². The van der Waals surface area contributed by atoms with E-state index in [-0.39, 0.29) is 11.5 Å². The lowest BCUT2D eigenvalue weighted by Gasteiger charge is -2.23. The second kappa shape index (κ2) is 9.47. The Morgan fingerprint density at radius 3 is 2.52 bits per heavy atom. The zero-order valence-corrected chi connectivity index (χ0v) is 18.3. The van der Waals surface area contributed by atoms with E-state index in [0.29, 0.717) is 34.4 Å². The van der Waals surface area contributed by atoms with Gasteiger partial charge in [-0.15, -0.1) is 0 Å². The number of anilines is 1. The van der Waals surface area contributed by atoms with Crippen molar-refractivity contribution in [2.75, 3.05) is 11.9 Å². The molecule has 0 aromatic carbocycles. The maximum absolute atomic E-state index is 12.5. The number of aryl methyl sites for hydroxylation is 1. The van der Waals surface area contributed by atoms with Crippen molar-refractivity contribution in [2.45, 2.75) is 39.5 Å². The van der Waals surface area contributed by atoms with E-state index in [1.165, 1.54) is 18.5 Å². The average Bonchev–Trinajstić information content (AvgIpc) is 3.13. The Hall–Kier alpha value is -3.63. The van der Waals surface area contributed by atoms with Crippen molar-refractivity contribution in [3.8, 4) is 11.1 Å². The molecule has 3 heterocycles. The van der Waals surface area contributed by atoms with Crippen molar-refractivity contribution in [1.82, 2.24) is 19.9 Å². The third kappa shape index (κ3) is 5.60. The Kier molecular flexibility index (Phi) is 6.89. The summed E-state index contributed by atoms with van der Waals surface area (Å²) >= 11 is 0. The van der Waals surface area contributed by atoms with Gasteiger partial charge < -0.3 is 20.3 Å². The van der Waals surface area contributed by atoms with Gasteiger partial charge in [-0.3, -0.25) is 9.78 Å². The number of carbonyl (C=O) groups is 2. The van der Waals surface area contributed by atoms with Crippen LogP contribution in [0.15, 0.2) is 36.9 Å². The van der Waals surface area contributed by atoms with Crippen LogP contribution < -0.4 is 10.6 Å². The third-order valence-corrected chi connectivity index (χ3v) is 5.09. The molecule has 3 aromatic heterocycles. The fourth-order valence-electron chi connectivity index (χ4n) is 3.44. The monoisotopic (exact) mass is 463 g/mol. The van der Waals surface area contributed by atoms with E-state index >= 15 is 0 Å². The molecule has 0 fully saturated rings. The van der Waals surface area contributed by atoms with Crippen LogP contribution in [0.3, 0.4) is 0 Å². The largest absolute Gasteiger partial charge is 0.478 e. The van der Waals surface area contributed by atoms with Crippen LogP contribution in [0.4, 0.5) is 18.9 Å². The Balaban J connectivity index is 1.94. The van der Waals surface area contributed by atoms with Crippen LogP contribution in [0, 0.1) is 5.92 Å². The molecule has 0 saturated heterocycles. The molecule has 0 aliphatic rings. The summed E-state index contributed by atoms with van der Waals surface area (Å²) in [6.45, 7) is 4.56. The van der Waals surface area contributed by atoms with E-state index < -0.39 is 30.6 Å². The lowest BCUT2D eigenvalue weighted by Crippen LogP contribution is -2.46. The van der Waals surface area contributed by atoms with Crippen LogP contribution in [0.1, 0.15) is 31.1 Å². The topological polar surface area (TPSA) is 109 Å². The van der Waals surface area contributed by atoms with Gasteiger partial charge in [0.25, 0.3) is 0 Å². The first-order valence-corrected chi connectivity index (χ1v) is 10.3. The van der Waals surface area contributed by atoms with Crippen molar-refractivity contribution in [3.05, 3.63) is 42.5 Å². The van der Waals surface area contributed by atoms with Gasteiger partial charge in [-0.2, -0.15) is 13.2 Å². The van der Waals surface area contributed by atoms with E-state index in [1.54, 1.807) is 26.1 Å². The molecule has 33 heavy (non-hydrogen) atoms. The third-order valence-electron chi connectivity index (χ3n) is 5.09. The average molecular weight is 463 g/mol. The molecule has 3 N–H and O–H groups in total. The van der Waals surface area contributed by atoms with Gasteiger partial charge in [0.2, 0.25) is 5.91 Å². The van der Waals surface area contributed by atoms with Crippen molar-refractivity contribution >= 4 is 28.6 Å². The number of amides is 1. The molecule has 11 heteroatoms. The smallest absolute Gasteiger partial charge is 0.405 e. The normalized spacial score (nSPS) is 12.7. The number of aromatic carboxylic acids is 1. The minimum atomic E-state index is -4.50. The fourth-order valence-corrected chi connectivity index (χ4v) is 3.44. The van der Waals surface area contributed by atoms with Crippen LogP contribution in [-0.2, 0) is 11.3 Å². The molecular formula is C22H24F3N5O3. The number of halogens is 3. The first-order valence-electron chi connectivity index (χ1n) is 10.3. The van der Waals surface area contributed by atoms with Crippen LogP contribution in [0.25, 0.3) is 22.2 Å². The predicted octanol–water partition coefficient (Wildman–Crippen LogP) is 3.93. The molecule has 1 atom stereocenters. The van der Waals surface area contributed by atoms with Crippen molar-refractivity contribution in [2.24, 2.45) is 5.92 Å². The highest BCUT2D eigenvalue weighted by molar-refractivity contribution is 5.99. The first-order chi connectivity index (χ1) is 15.5. The number of rotatable bonds is 8. The molecule has 176 valence electrons. The Labute approximate surface area is 187 Å². The van der Waals surface area contributed by atoms with E-state index in [0.717, 1.165) is 0 Å². The van der Waals surface area contributed by atoms with Gasteiger partial charge in [-0.1, -0.05) is 13.8 Å². The summed E-state index contributed by atoms with van der Waals surface area (Å²) in [4.78, 5) is 32.2. The summed E-state index contributed by atoms with van der Waals surface area (Å²) in [5, 5.41) is 14.8. The quantitative estimate of drug-likeness (QED) is 0.467. The number of nitrogens with zero attached hydrogens (tertiary/aromatic N) is 3. The standard InChI is InChI=1S/C22H24F3N5O3/c1-4-30-10-17(16-6-14(21(32)33)8-27-19(16)30)13-5-15(9-26-7-13)29-18(12(2)3)20(31)28-11-22(23,24)25/h5-10,12,18,29H,4,11H2,1-3H3,(H,28,31)(H,32,33)/t18-/m1/s1. The fraction of sp³-hybridized carbons (Fsp3) is 0.364. The van der Waals surface area contributed by atoms with Gasteiger partial charge in [0.1, 0.15) is 18.2 Å². The molecule has 0 saturated carbocycles. The maximum atomic E-state index is 12.5. The molecular weight excluding hydrogens is 439 g/mol. The highest BCUT2D eigenvalue weighted by Crippen LogP contribution is 2.31. The summed E-state index contributed by atoms with van der Waals surface area (Å²) in [5.41, 5.74) is 2.43. The molecule has 0 spiro atoms. The van der Waals surface area contributed by atoms with Gasteiger partial charge in [0.15, 0.2) is 0 Å². The molecule has 8 nitrogen and oxygen atoms in total. The predicted molar refractivity (Wildman–Crippen MR) is 117 cm³/mol. The molecule has 0 aliphatic carbocycles. The summed E-state index contributed by atoms with van der Waals surface area (Å²) in [5.74, 6) is -2.17. The van der Waals surface area contributed by atoms with Crippen LogP contribution in [-0.4, -0.2) is 50.3 Å². The SMILES string of the molecule is CCn1cc(-c2cncc(N[C@@H](C(=O)NCC(F)(F)F)C(C)C)c2)c2cc(C(=O)O)cnc21. The van der Waals surface area contributed by atoms with E-state index in [1.807, 2.05) is 23.0 Å². The number of fused-ring (bicyclic) bond motifs is 1. The highest BCUT2D eigenvalue weighted by Gasteiger charge is 2.30. The lowest BCUT2D eigenvalue weighted by molar-refractivity contribution is -0.139. The maximum Gasteiger partial charge on any atom is 0.405 e. The Morgan fingerprint density at radius 2 is 1.91 bits per heavy atom. The molecule has 0 aliphatic heterocycles. The van der Waals surface area contributed by atoms with E-state index in [4.69, 9.17) is 0 Å². The van der Waals surface area contributed by atoms with Gasteiger partial charge in [0.05, 0.1) is 11.3 Å². The van der Waals surface area contributed by atoms with Gasteiger partial charge >= 0.3 is 12.1 Å². The number of aromatic nitrogens is 3. The number of carbonyl (C=O) groups excluding carboxylic acids is 1. The van der Waals surface area contributed by atoms with Crippen LogP contribution in [0.5, 0.6) is 0 Å².